The summed E-state index contributed by atoms with van der Waals surface area (Å²) in [7, 11) is -1.98. The van der Waals surface area contributed by atoms with Gasteiger partial charge >= 0.3 is 23.9 Å². The maximum Gasteiger partial charge on any atom is 0.303 e. The second-order valence-corrected chi connectivity index (χ2v) is 17.4. The van der Waals surface area contributed by atoms with E-state index in [0.29, 0.717) is 5.56 Å². The lowest BCUT2D eigenvalue weighted by molar-refractivity contribution is -0.288. The molecule has 0 amide bonds. The molecule has 2 aromatic carbocycles. The Bertz CT molecular complexity index is 1460. The van der Waals surface area contributed by atoms with Gasteiger partial charge in [0.1, 0.15) is 30.0 Å². The molecule has 3 rings (SSSR count). The number of carbonyl (C=O) groups excluding carboxylic acids is 4. The number of aromatic hydroxyl groups is 1. The van der Waals surface area contributed by atoms with E-state index in [-0.39, 0.29) is 16.5 Å². The maximum atomic E-state index is 12.1. The third kappa shape index (κ3) is 10.9. The second kappa shape index (κ2) is 15.5. The van der Waals surface area contributed by atoms with E-state index in [1.54, 1.807) is 12.1 Å². The zero-order valence-corrected chi connectivity index (χ0v) is 29.2. The highest BCUT2D eigenvalue weighted by molar-refractivity contribution is 6.74. The van der Waals surface area contributed by atoms with Crippen LogP contribution in [0, 0.1) is 0 Å². The third-order valence-corrected chi connectivity index (χ3v) is 12.0. The lowest BCUT2D eigenvalue weighted by atomic mass is 9.98. The molecule has 0 unspecified atom stereocenters. The van der Waals surface area contributed by atoms with Crippen LogP contribution in [0.15, 0.2) is 42.5 Å². The zero-order chi connectivity index (χ0) is 35.1. The lowest BCUT2D eigenvalue weighted by Crippen LogP contribution is -2.63. The molecule has 1 aliphatic rings. The van der Waals surface area contributed by atoms with Crippen LogP contribution >= 0.6 is 0 Å². The van der Waals surface area contributed by atoms with Gasteiger partial charge < -0.3 is 38.0 Å². The predicted molar refractivity (Wildman–Crippen MR) is 174 cm³/mol. The van der Waals surface area contributed by atoms with Gasteiger partial charge in [-0.2, -0.15) is 0 Å². The zero-order valence-electron chi connectivity index (χ0n) is 28.2. The average molecular weight is 673 g/mol. The largest absolute Gasteiger partial charge is 0.544 e. The number of phenolic OH excluding ortho intramolecular Hbond substituents is 1. The number of carbonyl (C=O) groups is 4. The number of hydrogen-bond donors (Lipinski definition) is 1. The molecule has 1 saturated heterocycles. The molecule has 0 spiro atoms. The van der Waals surface area contributed by atoms with E-state index >= 15 is 0 Å². The molecule has 47 heavy (non-hydrogen) atoms. The number of ether oxygens (including phenoxy) is 6. The van der Waals surface area contributed by atoms with Gasteiger partial charge in [-0.25, -0.2) is 0 Å². The van der Waals surface area contributed by atoms with Crippen LogP contribution in [-0.2, 0) is 42.9 Å². The van der Waals surface area contributed by atoms with Crippen LogP contribution in [-0.4, -0.2) is 74.6 Å². The molecule has 0 radical (unpaired) electrons. The fraction of sp³-hybridized carbons (Fsp3) is 0.471. The van der Waals surface area contributed by atoms with E-state index in [0.717, 1.165) is 32.1 Å². The number of benzene rings is 2. The molecule has 0 bridgehead atoms. The number of esters is 4. The number of phenols is 1. The quantitative estimate of drug-likeness (QED) is 0.141. The van der Waals surface area contributed by atoms with Gasteiger partial charge in [0.15, 0.2) is 12.2 Å². The lowest BCUT2D eigenvalue weighted by Gasteiger charge is -2.43. The van der Waals surface area contributed by atoms with Crippen LogP contribution in [0.2, 0.25) is 18.1 Å². The first-order chi connectivity index (χ1) is 21.8. The Labute approximate surface area is 276 Å². The van der Waals surface area contributed by atoms with Crippen molar-refractivity contribution in [1.82, 2.24) is 0 Å². The normalized spacial score (nSPS) is 21.4. The molecule has 13 heteroatoms. The molecule has 1 aliphatic heterocycles. The summed E-state index contributed by atoms with van der Waals surface area (Å²) in [5.41, 5.74) is 1.45. The minimum absolute atomic E-state index is 0.0657. The van der Waals surface area contributed by atoms with Crippen molar-refractivity contribution in [3.05, 3.63) is 53.6 Å². The minimum Gasteiger partial charge on any atom is -0.544 e. The van der Waals surface area contributed by atoms with Gasteiger partial charge in [0.2, 0.25) is 20.7 Å². The molecule has 5 atom stereocenters. The molecule has 0 aliphatic carbocycles. The Kier molecular flexibility index (Phi) is 12.2. The van der Waals surface area contributed by atoms with Crippen molar-refractivity contribution in [2.24, 2.45) is 0 Å². The summed E-state index contributed by atoms with van der Waals surface area (Å²) in [6, 6.07) is 12.1. The van der Waals surface area contributed by atoms with E-state index in [4.69, 9.17) is 32.8 Å². The Morgan fingerprint density at radius 1 is 0.766 bits per heavy atom. The van der Waals surface area contributed by atoms with E-state index in [9.17, 15) is 24.3 Å². The first kappa shape index (κ1) is 37.1. The maximum absolute atomic E-state index is 12.1. The van der Waals surface area contributed by atoms with Crippen molar-refractivity contribution < 1.29 is 57.1 Å². The first-order valence-electron chi connectivity index (χ1n) is 15.1. The van der Waals surface area contributed by atoms with Crippen molar-refractivity contribution in [3.8, 4) is 17.2 Å². The fourth-order valence-corrected chi connectivity index (χ4v) is 5.51. The van der Waals surface area contributed by atoms with Crippen LogP contribution in [0.25, 0.3) is 12.2 Å². The molecule has 1 fully saturated rings. The van der Waals surface area contributed by atoms with E-state index < -0.39 is 69.5 Å². The molecule has 1 N–H and O–H groups in total. The Hall–Kier alpha value is -4.36. The standard InChI is InChI=1S/C34H44O12Si/c1-20(35)40-19-29-30(41-21(2)36)31(42-22(3)37)32(43-23(4)38)33(45-29)44-28-17-25(16-26(39)18-28)11-10-24-12-14-27(15-13-24)46-47(8,9)34(5,6)7/h10-18,29-33,39H,19H2,1-9H3/b11-10+/t29-,30-,31+,32-,33-/m1/s1. The summed E-state index contributed by atoms with van der Waals surface area (Å²) in [4.78, 5) is 47.8. The highest BCUT2D eigenvalue weighted by atomic mass is 28.4. The highest BCUT2D eigenvalue weighted by Gasteiger charge is 2.53. The van der Waals surface area contributed by atoms with Crippen molar-refractivity contribution in [3.63, 3.8) is 0 Å². The van der Waals surface area contributed by atoms with Crippen molar-refractivity contribution in [1.29, 1.82) is 0 Å². The minimum atomic E-state index is -1.98. The molecule has 2 aromatic rings. The Balaban J connectivity index is 1.89. The summed E-state index contributed by atoms with van der Waals surface area (Å²) >= 11 is 0. The molecular weight excluding hydrogens is 628 g/mol. The summed E-state index contributed by atoms with van der Waals surface area (Å²) in [6.07, 6.45) is -3.12. The van der Waals surface area contributed by atoms with Gasteiger partial charge in [0.25, 0.3) is 0 Å². The number of hydrogen-bond acceptors (Lipinski definition) is 12. The van der Waals surface area contributed by atoms with Gasteiger partial charge in [0.05, 0.1) is 0 Å². The van der Waals surface area contributed by atoms with E-state index in [1.807, 2.05) is 30.3 Å². The SMILES string of the molecule is CC(=O)OC[C@H]1O[C@@H](Oc2cc(O)cc(/C=C/c3ccc(O[Si](C)(C)C(C)(C)C)cc3)c2)[C@H](OC(C)=O)[C@@H](OC(C)=O)[C@@H]1OC(C)=O. The van der Waals surface area contributed by atoms with Crippen LogP contribution in [0.1, 0.15) is 59.6 Å². The summed E-state index contributed by atoms with van der Waals surface area (Å²) < 4.78 is 39.8. The van der Waals surface area contributed by atoms with E-state index in [2.05, 4.69) is 33.9 Å². The van der Waals surface area contributed by atoms with Crippen LogP contribution in [0.4, 0.5) is 0 Å². The molecule has 0 saturated carbocycles. The highest BCUT2D eigenvalue weighted by Crippen LogP contribution is 2.37. The second-order valence-electron chi connectivity index (χ2n) is 12.7. The van der Waals surface area contributed by atoms with Gasteiger partial charge in [-0.3, -0.25) is 19.2 Å². The summed E-state index contributed by atoms with van der Waals surface area (Å²) in [6.45, 7) is 15.1. The van der Waals surface area contributed by atoms with Crippen molar-refractivity contribution in [2.75, 3.05) is 6.61 Å². The molecular formula is C34H44O12Si. The van der Waals surface area contributed by atoms with Crippen LogP contribution in [0.3, 0.4) is 0 Å². The Morgan fingerprint density at radius 2 is 1.32 bits per heavy atom. The molecule has 0 aromatic heterocycles. The van der Waals surface area contributed by atoms with Crippen molar-refractivity contribution >= 4 is 44.3 Å². The first-order valence-corrected chi connectivity index (χ1v) is 18.0. The van der Waals surface area contributed by atoms with Crippen LogP contribution < -0.4 is 9.16 Å². The third-order valence-electron chi connectivity index (χ3n) is 7.64. The van der Waals surface area contributed by atoms with E-state index in [1.165, 1.54) is 19.1 Å². The van der Waals surface area contributed by atoms with Crippen molar-refractivity contribution in [2.45, 2.75) is 97.3 Å². The number of rotatable bonds is 11. The predicted octanol–water partition coefficient (Wildman–Crippen LogP) is 5.41. The average Bonchev–Trinajstić information content (AvgIpc) is 2.93. The monoisotopic (exact) mass is 672 g/mol. The van der Waals surface area contributed by atoms with Gasteiger partial charge in [0, 0.05) is 33.8 Å². The van der Waals surface area contributed by atoms with Gasteiger partial charge in [-0.05, 0) is 53.5 Å². The molecule has 256 valence electrons. The smallest absolute Gasteiger partial charge is 0.303 e. The Morgan fingerprint density at radius 3 is 1.87 bits per heavy atom. The summed E-state index contributed by atoms with van der Waals surface area (Å²) in [5, 5.41) is 10.6. The molecule has 1 heterocycles. The van der Waals surface area contributed by atoms with Crippen LogP contribution in [0.5, 0.6) is 17.2 Å². The molecule has 12 nitrogen and oxygen atoms in total. The van der Waals surface area contributed by atoms with Gasteiger partial charge in [-0.1, -0.05) is 45.1 Å². The topological polar surface area (TPSA) is 153 Å². The summed E-state index contributed by atoms with van der Waals surface area (Å²) in [5.74, 6) is -2.13. The fourth-order valence-electron chi connectivity index (χ4n) is 4.47. The van der Waals surface area contributed by atoms with Gasteiger partial charge in [-0.15, -0.1) is 0 Å².